The Morgan fingerprint density at radius 3 is 2.71 bits per heavy atom. The van der Waals surface area contributed by atoms with E-state index in [9.17, 15) is 14.4 Å². The maximum absolute atomic E-state index is 11.3. The Labute approximate surface area is 96.1 Å². The van der Waals surface area contributed by atoms with Crippen molar-refractivity contribution in [3.8, 4) is 0 Å². The van der Waals surface area contributed by atoms with Gasteiger partial charge in [-0.25, -0.2) is 9.89 Å². The molecule has 1 aromatic rings. The number of nitrogens with one attached hydrogen (secondary N) is 4. The average molecular weight is 239 g/mol. The molecule has 0 saturated carbocycles. The van der Waals surface area contributed by atoms with E-state index in [1.165, 1.54) is 0 Å². The molecule has 0 bridgehead atoms. The van der Waals surface area contributed by atoms with Gasteiger partial charge in [0.15, 0.2) is 0 Å². The van der Waals surface area contributed by atoms with Gasteiger partial charge in [-0.05, 0) is 13.8 Å². The maximum Gasteiger partial charge on any atom is 0.342 e. The second kappa shape index (κ2) is 5.64. The molecule has 0 aromatic carbocycles. The molecule has 0 saturated heterocycles. The summed E-state index contributed by atoms with van der Waals surface area (Å²) < 4.78 is 0. The summed E-state index contributed by atoms with van der Waals surface area (Å²) in [6.45, 7) is 3.71. The van der Waals surface area contributed by atoms with Gasteiger partial charge in [-0.15, -0.1) is 0 Å². The van der Waals surface area contributed by atoms with Gasteiger partial charge in [-0.3, -0.25) is 20.0 Å². The second-order valence-electron chi connectivity index (χ2n) is 3.54. The second-order valence-corrected chi connectivity index (χ2v) is 3.54. The van der Waals surface area contributed by atoms with Crippen LogP contribution in [0.25, 0.3) is 0 Å². The van der Waals surface area contributed by atoms with Crippen LogP contribution in [0.1, 0.15) is 19.5 Å². The third-order valence-electron chi connectivity index (χ3n) is 1.68. The standard InChI is InChI=1S/C9H13N5O3/c1-5(2)4-10-13-7(15)3-6-8(16)11-9(17)14-12-6/h4,10H,3H2,1-2H3,(H,13,15)(H2,11,14,16,17). The van der Waals surface area contributed by atoms with Gasteiger partial charge in [0.1, 0.15) is 5.69 Å². The van der Waals surface area contributed by atoms with E-state index in [1.807, 2.05) is 23.9 Å². The highest BCUT2D eigenvalue weighted by Gasteiger charge is 2.08. The maximum atomic E-state index is 11.3. The van der Waals surface area contributed by atoms with Crippen molar-refractivity contribution in [1.82, 2.24) is 26.0 Å². The van der Waals surface area contributed by atoms with Gasteiger partial charge in [0.2, 0.25) is 5.91 Å². The molecule has 1 rings (SSSR count). The lowest BCUT2D eigenvalue weighted by Crippen LogP contribution is -2.37. The fourth-order valence-electron chi connectivity index (χ4n) is 0.949. The average Bonchev–Trinajstić information content (AvgIpc) is 2.21. The minimum atomic E-state index is -0.707. The van der Waals surface area contributed by atoms with Crippen LogP contribution in [0.2, 0.25) is 0 Å². The van der Waals surface area contributed by atoms with Gasteiger partial charge in [-0.1, -0.05) is 5.57 Å². The monoisotopic (exact) mass is 239 g/mol. The Morgan fingerprint density at radius 1 is 1.41 bits per heavy atom. The number of H-pyrrole nitrogens is 2. The van der Waals surface area contributed by atoms with Crippen LogP contribution in [0.3, 0.4) is 0 Å². The molecule has 0 aliphatic heterocycles. The summed E-state index contributed by atoms with van der Waals surface area (Å²) in [6, 6.07) is 0. The van der Waals surface area contributed by atoms with Crippen molar-refractivity contribution in [2.45, 2.75) is 20.3 Å². The summed E-state index contributed by atoms with van der Waals surface area (Å²) in [6.07, 6.45) is 1.37. The van der Waals surface area contributed by atoms with Crippen molar-refractivity contribution in [2.24, 2.45) is 0 Å². The molecule has 0 unspecified atom stereocenters. The van der Waals surface area contributed by atoms with E-state index in [0.29, 0.717) is 0 Å². The van der Waals surface area contributed by atoms with Gasteiger partial charge >= 0.3 is 5.69 Å². The minimum absolute atomic E-state index is 0.0545. The van der Waals surface area contributed by atoms with Crippen LogP contribution in [0.5, 0.6) is 0 Å². The quantitative estimate of drug-likeness (QED) is 0.479. The predicted molar refractivity (Wildman–Crippen MR) is 59.9 cm³/mol. The summed E-state index contributed by atoms with van der Waals surface area (Å²) in [5.41, 5.74) is 4.46. The number of aromatic amines is 2. The van der Waals surface area contributed by atoms with Crippen LogP contribution in [0.4, 0.5) is 0 Å². The highest BCUT2D eigenvalue weighted by Crippen LogP contribution is 1.84. The third-order valence-corrected chi connectivity index (χ3v) is 1.68. The number of amides is 1. The molecule has 17 heavy (non-hydrogen) atoms. The first-order chi connectivity index (χ1) is 7.99. The normalized spacial score (nSPS) is 9.53. The van der Waals surface area contributed by atoms with Gasteiger partial charge in [0.25, 0.3) is 5.56 Å². The Bertz CT molecular complexity index is 538. The lowest BCUT2D eigenvalue weighted by Gasteiger charge is -2.03. The molecule has 0 aliphatic carbocycles. The molecule has 1 aromatic heterocycles. The fraction of sp³-hybridized carbons (Fsp3) is 0.333. The molecular weight excluding hydrogens is 226 g/mol. The van der Waals surface area contributed by atoms with Crippen molar-refractivity contribution in [3.63, 3.8) is 0 Å². The zero-order chi connectivity index (χ0) is 12.8. The molecule has 0 spiro atoms. The Morgan fingerprint density at radius 2 is 2.12 bits per heavy atom. The molecule has 1 amide bonds. The smallest absolute Gasteiger partial charge is 0.306 e. The van der Waals surface area contributed by atoms with E-state index >= 15 is 0 Å². The van der Waals surface area contributed by atoms with Crippen LogP contribution >= 0.6 is 0 Å². The van der Waals surface area contributed by atoms with Crippen molar-refractivity contribution in [1.29, 1.82) is 0 Å². The van der Waals surface area contributed by atoms with E-state index in [-0.39, 0.29) is 12.1 Å². The Hall–Kier alpha value is -2.38. The zero-order valence-corrected chi connectivity index (χ0v) is 9.46. The zero-order valence-electron chi connectivity index (χ0n) is 9.46. The van der Waals surface area contributed by atoms with E-state index in [4.69, 9.17) is 0 Å². The Kier molecular flexibility index (Phi) is 4.21. The summed E-state index contributed by atoms with van der Waals surface area (Å²) in [4.78, 5) is 35.2. The molecular formula is C9H13N5O3. The predicted octanol–water partition coefficient (Wildman–Crippen LogP) is -1.45. The van der Waals surface area contributed by atoms with E-state index in [0.717, 1.165) is 5.57 Å². The van der Waals surface area contributed by atoms with E-state index < -0.39 is 17.2 Å². The number of aromatic nitrogens is 3. The summed E-state index contributed by atoms with van der Waals surface area (Å²) in [5.74, 6) is -0.437. The molecule has 1 heterocycles. The fourth-order valence-corrected chi connectivity index (χ4v) is 0.949. The number of nitrogens with zero attached hydrogens (tertiary/aromatic N) is 1. The lowest BCUT2D eigenvalue weighted by atomic mass is 10.3. The summed E-state index contributed by atoms with van der Waals surface area (Å²) in [7, 11) is 0. The number of hydrazine groups is 1. The lowest BCUT2D eigenvalue weighted by molar-refractivity contribution is -0.121. The van der Waals surface area contributed by atoms with Gasteiger partial charge in [0, 0.05) is 6.20 Å². The van der Waals surface area contributed by atoms with Crippen LogP contribution in [-0.2, 0) is 11.2 Å². The van der Waals surface area contributed by atoms with Crippen molar-refractivity contribution < 1.29 is 4.79 Å². The molecule has 92 valence electrons. The molecule has 0 fully saturated rings. The van der Waals surface area contributed by atoms with Gasteiger partial charge in [0.05, 0.1) is 6.42 Å². The largest absolute Gasteiger partial charge is 0.342 e. The molecule has 0 aliphatic rings. The number of hydrogen-bond donors (Lipinski definition) is 4. The van der Waals surface area contributed by atoms with Crippen LogP contribution in [0, 0.1) is 0 Å². The Balaban J connectivity index is 2.60. The molecule has 8 nitrogen and oxygen atoms in total. The van der Waals surface area contributed by atoms with Crippen LogP contribution in [0.15, 0.2) is 21.4 Å². The number of carbonyl (C=O) groups is 1. The SMILES string of the molecule is CC(C)=CNNC(=O)Cc1n[nH]c(=O)[nH]c1=O. The summed E-state index contributed by atoms with van der Waals surface area (Å²) in [5, 5.41) is 5.52. The third kappa shape index (κ3) is 4.33. The number of carbonyl (C=O) groups excluding carboxylic acids is 1. The van der Waals surface area contributed by atoms with E-state index in [2.05, 4.69) is 16.0 Å². The number of rotatable bonds is 4. The highest BCUT2D eigenvalue weighted by molar-refractivity contribution is 5.77. The number of allylic oxidation sites excluding steroid dienone is 1. The van der Waals surface area contributed by atoms with E-state index in [1.54, 1.807) is 6.20 Å². The summed E-state index contributed by atoms with van der Waals surface area (Å²) >= 11 is 0. The number of hydrogen-bond acceptors (Lipinski definition) is 5. The molecule has 0 radical (unpaired) electrons. The van der Waals surface area contributed by atoms with Crippen molar-refractivity contribution in [3.05, 3.63) is 38.3 Å². The first-order valence-electron chi connectivity index (χ1n) is 4.84. The molecule has 0 atom stereocenters. The highest BCUT2D eigenvalue weighted by atomic mass is 16.2. The van der Waals surface area contributed by atoms with Crippen LogP contribution in [-0.4, -0.2) is 21.1 Å². The topological polar surface area (TPSA) is 120 Å². The van der Waals surface area contributed by atoms with Gasteiger partial charge < -0.3 is 5.43 Å². The van der Waals surface area contributed by atoms with Crippen molar-refractivity contribution in [2.75, 3.05) is 0 Å². The molecule has 4 N–H and O–H groups in total. The first kappa shape index (κ1) is 12.7. The minimum Gasteiger partial charge on any atom is -0.306 e. The van der Waals surface area contributed by atoms with Crippen LogP contribution < -0.4 is 22.1 Å². The molecule has 8 heteroatoms. The van der Waals surface area contributed by atoms with Gasteiger partial charge in [-0.2, -0.15) is 5.10 Å². The first-order valence-corrected chi connectivity index (χ1v) is 4.84. The van der Waals surface area contributed by atoms with Crippen molar-refractivity contribution >= 4 is 5.91 Å².